The molecule has 1 aromatic rings. The molecule has 2 rings (SSSR count). The highest BCUT2D eigenvalue weighted by Crippen LogP contribution is 2.38. The molecule has 1 amide bonds. The number of carbonyl (C=O) groups excluding carboxylic acids is 1. The van der Waals surface area contributed by atoms with E-state index >= 15 is 0 Å². The lowest BCUT2D eigenvalue weighted by Crippen LogP contribution is -2.35. The summed E-state index contributed by atoms with van der Waals surface area (Å²) in [6, 6.07) is 4.12. The quantitative estimate of drug-likeness (QED) is 0.707. The molecule has 104 valence electrons. The number of hydrogen-bond acceptors (Lipinski definition) is 2. The maximum atomic E-state index is 11.5. The number of carbonyl (C=O) groups is 1. The van der Waals surface area contributed by atoms with Gasteiger partial charge in [-0.1, -0.05) is 19.3 Å². The van der Waals surface area contributed by atoms with Gasteiger partial charge in [-0.15, -0.1) is 0 Å². The van der Waals surface area contributed by atoms with E-state index in [1.165, 1.54) is 19.3 Å². The summed E-state index contributed by atoms with van der Waals surface area (Å²) < 4.78 is 7.09. The van der Waals surface area contributed by atoms with E-state index in [0.29, 0.717) is 6.04 Å². The van der Waals surface area contributed by atoms with Crippen molar-refractivity contribution in [3.8, 4) is 5.75 Å². The standard InChI is InChI=1S/C14H17Br2NO2/c1-19-14-8-13(11(15)7-12(14)16)17(9-18)10-5-3-2-4-6-10/h7-10H,2-6H2,1H3. The van der Waals surface area contributed by atoms with Gasteiger partial charge in [-0.05, 0) is 50.8 Å². The molecule has 0 heterocycles. The second kappa shape index (κ2) is 6.75. The molecule has 5 heteroatoms. The Balaban J connectivity index is 2.34. The molecule has 1 fully saturated rings. The Morgan fingerprint density at radius 1 is 1.21 bits per heavy atom. The van der Waals surface area contributed by atoms with Gasteiger partial charge in [0.05, 0.1) is 17.3 Å². The normalized spacial score (nSPS) is 16.2. The minimum absolute atomic E-state index is 0.299. The molecule has 1 aromatic carbocycles. The predicted octanol–water partition coefficient (Wildman–Crippen LogP) is 4.52. The van der Waals surface area contributed by atoms with Crippen LogP contribution in [0.4, 0.5) is 5.69 Å². The molecule has 0 bridgehead atoms. The lowest BCUT2D eigenvalue weighted by Gasteiger charge is -2.32. The zero-order chi connectivity index (χ0) is 13.8. The highest BCUT2D eigenvalue weighted by atomic mass is 79.9. The van der Waals surface area contributed by atoms with Gasteiger partial charge in [-0.3, -0.25) is 4.79 Å². The first-order valence-corrected chi connectivity index (χ1v) is 8.02. The number of ether oxygens (including phenoxy) is 1. The molecule has 1 aliphatic carbocycles. The van der Waals surface area contributed by atoms with Gasteiger partial charge in [0.1, 0.15) is 5.75 Å². The van der Waals surface area contributed by atoms with E-state index in [1.807, 2.05) is 17.0 Å². The van der Waals surface area contributed by atoms with Gasteiger partial charge < -0.3 is 9.64 Å². The van der Waals surface area contributed by atoms with Crippen molar-refractivity contribution in [1.29, 1.82) is 0 Å². The fourth-order valence-corrected chi connectivity index (χ4v) is 3.93. The highest BCUT2D eigenvalue weighted by Gasteiger charge is 2.23. The van der Waals surface area contributed by atoms with Gasteiger partial charge in [0.2, 0.25) is 6.41 Å². The molecule has 1 saturated carbocycles. The van der Waals surface area contributed by atoms with Gasteiger partial charge in [-0.25, -0.2) is 0 Å². The van der Waals surface area contributed by atoms with E-state index in [9.17, 15) is 4.79 Å². The molecule has 0 aromatic heterocycles. The number of benzene rings is 1. The van der Waals surface area contributed by atoms with Crippen LogP contribution in [0.25, 0.3) is 0 Å². The largest absolute Gasteiger partial charge is 0.495 e. The fraction of sp³-hybridized carbons (Fsp3) is 0.500. The molecule has 19 heavy (non-hydrogen) atoms. The van der Waals surface area contributed by atoms with Crippen molar-refractivity contribution in [2.75, 3.05) is 12.0 Å². The van der Waals surface area contributed by atoms with Crippen LogP contribution in [0.15, 0.2) is 21.1 Å². The molecule has 0 N–H and O–H groups in total. The third-order valence-electron chi connectivity index (χ3n) is 3.58. The number of anilines is 1. The summed E-state index contributed by atoms with van der Waals surface area (Å²) in [7, 11) is 1.63. The third-order valence-corrected chi connectivity index (χ3v) is 4.84. The Labute approximate surface area is 130 Å². The van der Waals surface area contributed by atoms with E-state index in [-0.39, 0.29) is 0 Å². The lowest BCUT2D eigenvalue weighted by molar-refractivity contribution is -0.108. The molecule has 3 nitrogen and oxygen atoms in total. The van der Waals surface area contributed by atoms with Gasteiger partial charge in [-0.2, -0.15) is 0 Å². The molecule has 0 aliphatic heterocycles. The van der Waals surface area contributed by atoms with Crippen LogP contribution >= 0.6 is 31.9 Å². The van der Waals surface area contributed by atoms with Crippen molar-refractivity contribution in [2.24, 2.45) is 0 Å². The maximum Gasteiger partial charge on any atom is 0.214 e. The average molecular weight is 391 g/mol. The monoisotopic (exact) mass is 389 g/mol. The minimum atomic E-state index is 0.299. The van der Waals surface area contributed by atoms with Crippen LogP contribution in [0.1, 0.15) is 32.1 Å². The van der Waals surface area contributed by atoms with Crippen molar-refractivity contribution in [3.63, 3.8) is 0 Å². The Bertz CT molecular complexity index is 459. The Hall–Kier alpha value is -0.550. The zero-order valence-electron chi connectivity index (χ0n) is 10.9. The molecule has 0 radical (unpaired) electrons. The topological polar surface area (TPSA) is 29.5 Å². The van der Waals surface area contributed by atoms with Crippen LogP contribution in [0.3, 0.4) is 0 Å². The van der Waals surface area contributed by atoms with Crippen LogP contribution in [-0.4, -0.2) is 19.6 Å². The fourth-order valence-electron chi connectivity index (χ4n) is 2.57. The molecule has 0 atom stereocenters. The SMILES string of the molecule is COc1cc(N(C=O)C2CCCCC2)c(Br)cc1Br. The van der Waals surface area contributed by atoms with Crippen LogP contribution in [0.2, 0.25) is 0 Å². The van der Waals surface area contributed by atoms with Gasteiger partial charge >= 0.3 is 0 Å². The summed E-state index contributed by atoms with van der Waals surface area (Å²) >= 11 is 6.98. The lowest BCUT2D eigenvalue weighted by atomic mass is 9.94. The number of amides is 1. The second-order valence-electron chi connectivity index (χ2n) is 4.74. The second-order valence-corrected chi connectivity index (χ2v) is 6.45. The van der Waals surface area contributed by atoms with Crippen molar-refractivity contribution < 1.29 is 9.53 Å². The van der Waals surface area contributed by atoms with E-state index in [1.54, 1.807) is 7.11 Å². The maximum absolute atomic E-state index is 11.5. The van der Waals surface area contributed by atoms with Crippen LogP contribution in [0, 0.1) is 0 Å². The third kappa shape index (κ3) is 3.31. The van der Waals surface area contributed by atoms with Crippen molar-refractivity contribution in [3.05, 3.63) is 21.1 Å². The van der Waals surface area contributed by atoms with E-state index in [4.69, 9.17) is 4.74 Å². The number of nitrogens with zero attached hydrogens (tertiary/aromatic N) is 1. The molecule has 0 spiro atoms. The summed E-state index contributed by atoms with van der Waals surface area (Å²) in [5, 5.41) is 0. The first-order chi connectivity index (χ1) is 9.17. The van der Waals surface area contributed by atoms with Crippen molar-refractivity contribution in [2.45, 2.75) is 38.1 Å². The van der Waals surface area contributed by atoms with Gasteiger partial charge in [0.25, 0.3) is 0 Å². The Morgan fingerprint density at radius 2 is 1.89 bits per heavy atom. The van der Waals surface area contributed by atoms with Crippen molar-refractivity contribution >= 4 is 44.0 Å². The van der Waals surface area contributed by atoms with Crippen LogP contribution in [-0.2, 0) is 4.79 Å². The summed E-state index contributed by atoms with van der Waals surface area (Å²) in [5.74, 6) is 0.737. The number of hydrogen-bond donors (Lipinski definition) is 0. The summed E-state index contributed by atoms with van der Waals surface area (Å²) in [4.78, 5) is 13.3. The summed E-state index contributed by atoms with van der Waals surface area (Å²) in [5.41, 5.74) is 0.877. The Kier molecular flexibility index (Phi) is 5.28. The summed E-state index contributed by atoms with van der Waals surface area (Å²) in [6.45, 7) is 0. The van der Waals surface area contributed by atoms with E-state index < -0.39 is 0 Å². The van der Waals surface area contributed by atoms with Crippen molar-refractivity contribution in [1.82, 2.24) is 0 Å². The zero-order valence-corrected chi connectivity index (χ0v) is 14.0. The molecular formula is C14H17Br2NO2. The Morgan fingerprint density at radius 3 is 2.47 bits per heavy atom. The molecule has 0 saturated heterocycles. The average Bonchev–Trinajstić information content (AvgIpc) is 2.43. The molecule has 0 unspecified atom stereocenters. The van der Waals surface area contributed by atoms with Gasteiger partial charge in [0, 0.05) is 16.6 Å². The van der Waals surface area contributed by atoms with E-state index in [2.05, 4.69) is 31.9 Å². The minimum Gasteiger partial charge on any atom is -0.495 e. The van der Waals surface area contributed by atoms with E-state index in [0.717, 1.165) is 39.6 Å². The predicted molar refractivity (Wildman–Crippen MR) is 83.8 cm³/mol. The summed E-state index contributed by atoms with van der Waals surface area (Å²) in [6.07, 6.45) is 6.74. The first kappa shape index (κ1) is 14.9. The highest BCUT2D eigenvalue weighted by molar-refractivity contribution is 9.11. The number of halogens is 2. The smallest absolute Gasteiger partial charge is 0.214 e. The van der Waals surface area contributed by atoms with Crippen LogP contribution < -0.4 is 9.64 Å². The number of rotatable bonds is 4. The number of methoxy groups -OCH3 is 1. The molecule has 1 aliphatic rings. The van der Waals surface area contributed by atoms with Gasteiger partial charge in [0.15, 0.2) is 0 Å². The first-order valence-electron chi connectivity index (χ1n) is 6.44. The van der Waals surface area contributed by atoms with Crippen LogP contribution in [0.5, 0.6) is 5.75 Å². The molecular weight excluding hydrogens is 374 g/mol.